The van der Waals surface area contributed by atoms with Gasteiger partial charge in [-0.25, -0.2) is 8.42 Å². The molecule has 29 heavy (non-hydrogen) atoms. The molecule has 0 spiro atoms. The Morgan fingerprint density at radius 3 is 2.34 bits per heavy atom. The Bertz CT molecular complexity index is 989. The average Bonchev–Trinajstić information content (AvgIpc) is 2.68. The number of hydrogen-bond acceptors (Lipinski definition) is 5. The fourth-order valence-electron chi connectivity index (χ4n) is 3.04. The molecule has 1 unspecified atom stereocenters. The molecular formula is C21H28N2O5S. The van der Waals surface area contributed by atoms with Gasteiger partial charge in [0.1, 0.15) is 0 Å². The van der Waals surface area contributed by atoms with Crippen LogP contribution in [0.2, 0.25) is 0 Å². The van der Waals surface area contributed by atoms with Crippen LogP contribution in [0.5, 0.6) is 11.5 Å². The lowest BCUT2D eigenvalue weighted by molar-refractivity contribution is -0.121. The number of likely N-dealkylation sites (N-methyl/N-ethyl adjacent to an activating group) is 1. The van der Waals surface area contributed by atoms with Crippen molar-refractivity contribution in [3.63, 3.8) is 0 Å². The van der Waals surface area contributed by atoms with E-state index in [1.54, 1.807) is 0 Å². The standard InChI is InChI=1S/C21H28N2O5S/c1-14-7-8-15(2)18(11-14)16(3)22-21(24)13-23(4)29(25,26)17-9-10-19(27-5)20(12-17)28-6/h7-12,16H,13H2,1-6H3,(H,22,24). The molecule has 7 nitrogen and oxygen atoms in total. The Morgan fingerprint density at radius 1 is 1.07 bits per heavy atom. The van der Waals surface area contributed by atoms with Crippen LogP contribution in [-0.4, -0.2) is 46.4 Å². The number of carbonyl (C=O) groups excluding carboxylic acids is 1. The molecule has 2 aromatic rings. The lowest BCUT2D eigenvalue weighted by Crippen LogP contribution is -2.39. The Kier molecular flexibility index (Phi) is 7.26. The highest BCUT2D eigenvalue weighted by Crippen LogP contribution is 2.30. The van der Waals surface area contributed by atoms with Crippen LogP contribution in [0.4, 0.5) is 0 Å². The van der Waals surface area contributed by atoms with Gasteiger partial charge in [-0.15, -0.1) is 0 Å². The zero-order valence-corrected chi connectivity index (χ0v) is 18.5. The maximum Gasteiger partial charge on any atom is 0.243 e. The van der Waals surface area contributed by atoms with Gasteiger partial charge >= 0.3 is 0 Å². The van der Waals surface area contributed by atoms with E-state index in [4.69, 9.17) is 9.47 Å². The summed E-state index contributed by atoms with van der Waals surface area (Å²) in [6.07, 6.45) is 0. The first-order valence-corrected chi connectivity index (χ1v) is 10.6. The number of amides is 1. The predicted molar refractivity (Wildman–Crippen MR) is 112 cm³/mol. The topological polar surface area (TPSA) is 84.9 Å². The van der Waals surface area contributed by atoms with Gasteiger partial charge in [-0.2, -0.15) is 4.31 Å². The monoisotopic (exact) mass is 420 g/mol. The molecule has 1 amide bonds. The quantitative estimate of drug-likeness (QED) is 0.710. The third kappa shape index (κ3) is 5.27. The van der Waals surface area contributed by atoms with Crippen LogP contribution in [0.1, 0.15) is 29.7 Å². The molecule has 0 saturated heterocycles. The number of nitrogens with one attached hydrogen (secondary N) is 1. The summed E-state index contributed by atoms with van der Waals surface area (Å²) in [4.78, 5) is 12.5. The van der Waals surface area contributed by atoms with Crippen molar-refractivity contribution in [2.75, 3.05) is 27.8 Å². The molecule has 2 rings (SSSR count). The molecule has 0 saturated carbocycles. The molecule has 158 valence electrons. The van der Waals surface area contributed by atoms with Crippen LogP contribution >= 0.6 is 0 Å². The number of carbonyl (C=O) groups is 1. The molecular weight excluding hydrogens is 392 g/mol. The summed E-state index contributed by atoms with van der Waals surface area (Å²) in [6.45, 7) is 5.54. The van der Waals surface area contributed by atoms with Gasteiger partial charge in [-0.1, -0.05) is 23.8 Å². The molecule has 0 heterocycles. The summed E-state index contributed by atoms with van der Waals surface area (Å²) in [7, 11) is 0.402. The first kappa shape index (κ1) is 22.7. The number of rotatable bonds is 8. The molecule has 0 bridgehead atoms. The number of hydrogen-bond donors (Lipinski definition) is 1. The van der Waals surface area contributed by atoms with Gasteiger partial charge in [0.2, 0.25) is 15.9 Å². The molecule has 0 radical (unpaired) electrons. The van der Waals surface area contributed by atoms with E-state index in [0.717, 1.165) is 21.0 Å². The highest BCUT2D eigenvalue weighted by Gasteiger charge is 2.25. The molecule has 0 aliphatic carbocycles. The van der Waals surface area contributed by atoms with E-state index in [9.17, 15) is 13.2 Å². The average molecular weight is 421 g/mol. The lowest BCUT2D eigenvalue weighted by atomic mass is 10.00. The minimum atomic E-state index is -3.87. The molecule has 2 aromatic carbocycles. The van der Waals surface area contributed by atoms with Crippen molar-refractivity contribution in [3.8, 4) is 11.5 Å². The smallest absolute Gasteiger partial charge is 0.243 e. The SMILES string of the molecule is COc1ccc(S(=O)(=O)N(C)CC(=O)NC(C)c2cc(C)ccc2C)cc1OC. The summed E-state index contributed by atoms with van der Waals surface area (Å²) in [6, 6.07) is 10.1. The minimum absolute atomic E-state index is 0.0213. The Balaban J connectivity index is 2.13. The highest BCUT2D eigenvalue weighted by molar-refractivity contribution is 7.89. The first-order valence-electron chi connectivity index (χ1n) is 9.15. The Labute approximate surface area is 172 Å². The van der Waals surface area contributed by atoms with Gasteiger partial charge in [-0.3, -0.25) is 4.79 Å². The van der Waals surface area contributed by atoms with Gasteiger partial charge in [-0.05, 0) is 44.0 Å². The van der Waals surface area contributed by atoms with Crippen molar-refractivity contribution >= 4 is 15.9 Å². The molecule has 8 heteroatoms. The Morgan fingerprint density at radius 2 is 1.72 bits per heavy atom. The second-order valence-electron chi connectivity index (χ2n) is 6.93. The van der Waals surface area contributed by atoms with E-state index in [2.05, 4.69) is 5.32 Å². The third-order valence-corrected chi connectivity index (χ3v) is 6.51. The van der Waals surface area contributed by atoms with Gasteiger partial charge in [0.25, 0.3) is 0 Å². The number of nitrogens with zero attached hydrogens (tertiary/aromatic N) is 1. The second-order valence-corrected chi connectivity index (χ2v) is 8.97. The maximum atomic E-state index is 12.8. The summed E-state index contributed by atoms with van der Waals surface area (Å²) in [5, 5.41) is 2.87. The van der Waals surface area contributed by atoms with Gasteiger partial charge in [0.05, 0.1) is 31.7 Å². The van der Waals surface area contributed by atoms with Crippen molar-refractivity contribution in [1.29, 1.82) is 0 Å². The minimum Gasteiger partial charge on any atom is -0.493 e. The van der Waals surface area contributed by atoms with E-state index in [0.29, 0.717) is 11.5 Å². The van der Waals surface area contributed by atoms with Gasteiger partial charge in [0.15, 0.2) is 11.5 Å². The zero-order chi connectivity index (χ0) is 21.8. The van der Waals surface area contributed by atoms with Crippen molar-refractivity contribution in [2.24, 2.45) is 0 Å². The van der Waals surface area contributed by atoms with Crippen molar-refractivity contribution in [1.82, 2.24) is 9.62 Å². The fraction of sp³-hybridized carbons (Fsp3) is 0.381. The molecule has 1 atom stereocenters. The summed E-state index contributed by atoms with van der Waals surface area (Å²) >= 11 is 0. The van der Waals surface area contributed by atoms with E-state index >= 15 is 0 Å². The second kappa shape index (κ2) is 9.28. The predicted octanol–water partition coefficient (Wildman–Crippen LogP) is 2.82. The number of benzene rings is 2. The number of ether oxygens (including phenoxy) is 2. The summed E-state index contributed by atoms with van der Waals surface area (Å²) in [5.41, 5.74) is 3.17. The number of aryl methyl sites for hydroxylation is 2. The normalized spacial score (nSPS) is 12.5. The van der Waals surface area contributed by atoms with Gasteiger partial charge < -0.3 is 14.8 Å². The van der Waals surface area contributed by atoms with Crippen molar-refractivity contribution < 1.29 is 22.7 Å². The van der Waals surface area contributed by atoms with Crippen molar-refractivity contribution in [2.45, 2.75) is 31.7 Å². The highest BCUT2D eigenvalue weighted by atomic mass is 32.2. The van der Waals surface area contributed by atoms with Crippen LogP contribution in [0.3, 0.4) is 0 Å². The van der Waals surface area contributed by atoms with Crippen LogP contribution in [0.15, 0.2) is 41.3 Å². The van der Waals surface area contributed by atoms with Gasteiger partial charge in [0, 0.05) is 13.1 Å². The zero-order valence-electron chi connectivity index (χ0n) is 17.6. The van der Waals surface area contributed by atoms with E-state index in [1.165, 1.54) is 39.5 Å². The lowest BCUT2D eigenvalue weighted by Gasteiger charge is -2.21. The molecule has 0 aliphatic heterocycles. The van der Waals surface area contributed by atoms with E-state index < -0.39 is 10.0 Å². The van der Waals surface area contributed by atoms with Crippen molar-refractivity contribution in [3.05, 3.63) is 53.1 Å². The van der Waals surface area contributed by atoms with E-state index in [1.807, 2.05) is 39.0 Å². The van der Waals surface area contributed by atoms with Crippen LogP contribution < -0.4 is 14.8 Å². The molecule has 0 aromatic heterocycles. The molecule has 0 fully saturated rings. The largest absolute Gasteiger partial charge is 0.493 e. The van der Waals surface area contributed by atoms with E-state index in [-0.39, 0.29) is 23.4 Å². The van der Waals surface area contributed by atoms with Crippen LogP contribution in [0.25, 0.3) is 0 Å². The Hall–Kier alpha value is -2.58. The van der Waals surface area contributed by atoms with Crippen LogP contribution in [0, 0.1) is 13.8 Å². The molecule has 0 aliphatic rings. The number of methoxy groups -OCH3 is 2. The maximum absolute atomic E-state index is 12.8. The summed E-state index contributed by atoms with van der Waals surface area (Å²) in [5.74, 6) is 0.342. The number of sulfonamides is 1. The third-order valence-electron chi connectivity index (χ3n) is 4.71. The fourth-order valence-corrected chi connectivity index (χ4v) is 4.18. The molecule has 1 N–H and O–H groups in total. The first-order chi connectivity index (χ1) is 13.6. The van der Waals surface area contributed by atoms with Crippen LogP contribution in [-0.2, 0) is 14.8 Å². The summed E-state index contributed by atoms with van der Waals surface area (Å²) < 4.78 is 37.0.